The van der Waals surface area contributed by atoms with Gasteiger partial charge in [-0.1, -0.05) is 35.5 Å². The maximum absolute atomic E-state index is 13.0. The fraction of sp³-hybridized carbons (Fsp3) is 0.333. The van der Waals surface area contributed by atoms with Crippen LogP contribution in [0.3, 0.4) is 0 Å². The number of hydrogen-bond acceptors (Lipinski definition) is 4. The monoisotopic (exact) mass is 351 g/mol. The number of halogens is 1. The van der Waals surface area contributed by atoms with Gasteiger partial charge in [0.1, 0.15) is 5.82 Å². The standard InChI is InChI=1S/C21H22FN3O/c22-19-8-6-18(7-9-19)21-23-20(26-24-21)15-25-12-10-17(11-13-25)14-16-4-2-1-3-5-16/h1-9,17H,10-15H2. The molecular weight excluding hydrogens is 329 g/mol. The van der Waals surface area contributed by atoms with Crippen molar-refractivity contribution in [2.24, 2.45) is 5.92 Å². The van der Waals surface area contributed by atoms with Gasteiger partial charge in [0.05, 0.1) is 6.54 Å². The molecule has 0 bridgehead atoms. The lowest BCUT2D eigenvalue weighted by atomic mass is 9.90. The van der Waals surface area contributed by atoms with Crippen molar-refractivity contribution < 1.29 is 8.91 Å². The van der Waals surface area contributed by atoms with Crippen LogP contribution >= 0.6 is 0 Å². The van der Waals surface area contributed by atoms with Crippen LogP contribution in [0.4, 0.5) is 4.39 Å². The molecule has 1 aromatic heterocycles. The number of nitrogens with zero attached hydrogens (tertiary/aromatic N) is 3. The van der Waals surface area contributed by atoms with Gasteiger partial charge in [-0.05, 0) is 68.1 Å². The molecule has 5 heteroatoms. The molecule has 0 N–H and O–H groups in total. The summed E-state index contributed by atoms with van der Waals surface area (Å²) in [5.41, 5.74) is 2.19. The van der Waals surface area contributed by atoms with Crippen LogP contribution in [0.15, 0.2) is 59.1 Å². The Bertz CT molecular complexity index is 824. The summed E-state index contributed by atoms with van der Waals surface area (Å²) in [6, 6.07) is 16.8. The smallest absolute Gasteiger partial charge is 0.241 e. The molecule has 2 heterocycles. The van der Waals surface area contributed by atoms with E-state index in [0.717, 1.165) is 31.0 Å². The normalized spacial score (nSPS) is 16.0. The summed E-state index contributed by atoms with van der Waals surface area (Å²) in [6.45, 7) is 2.77. The minimum Gasteiger partial charge on any atom is -0.338 e. The third-order valence-electron chi connectivity index (χ3n) is 5.00. The van der Waals surface area contributed by atoms with Crippen LogP contribution in [0.5, 0.6) is 0 Å². The van der Waals surface area contributed by atoms with E-state index in [1.165, 1.54) is 30.5 Å². The second kappa shape index (κ2) is 7.79. The van der Waals surface area contributed by atoms with Gasteiger partial charge in [0.15, 0.2) is 0 Å². The molecule has 4 nitrogen and oxygen atoms in total. The minimum absolute atomic E-state index is 0.268. The van der Waals surface area contributed by atoms with Crippen LogP contribution in [0.25, 0.3) is 11.4 Å². The van der Waals surface area contributed by atoms with Crippen molar-refractivity contribution >= 4 is 0 Å². The van der Waals surface area contributed by atoms with E-state index in [9.17, 15) is 4.39 Å². The predicted molar refractivity (Wildman–Crippen MR) is 97.8 cm³/mol. The van der Waals surface area contributed by atoms with E-state index in [1.54, 1.807) is 12.1 Å². The van der Waals surface area contributed by atoms with E-state index < -0.39 is 0 Å². The van der Waals surface area contributed by atoms with Crippen LogP contribution in [0, 0.1) is 11.7 Å². The van der Waals surface area contributed by atoms with Crippen LogP contribution in [0.2, 0.25) is 0 Å². The summed E-state index contributed by atoms with van der Waals surface area (Å²) >= 11 is 0. The molecule has 4 rings (SSSR count). The van der Waals surface area contributed by atoms with Crippen LogP contribution < -0.4 is 0 Å². The lowest BCUT2D eigenvalue weighted by Gasteiger charge is -2.31. The summed E-state index contributed by atoms with van der Waals surface area (Å²) < 4.78 is 18.4. The molecule has 2 aromatic carbocycles. The van der Waals surface area contributed by atoms with E-state index in [0.29, 0.717) is 18.3 Å². The molecule has 0 amide bonds. The Morgan fingerprint density at radius 2 is 1.73 bits per heavy atom. The lowest BCUT2D eigenvalue weighted by molar-refractivity contribution is 0.159. The van der Waals surface area contributed by atoms with Crippen molar-refractivity contribution in [3.05, 3.63) is 71.9 Å². The number of piperidine rings is 1. The van der Waals surface area contributed by atoms with Gasteiger partial charge in [0.25, 0.3) is 0 Å². The maximum Gasteiger partial charge on any atom is 0.241 e. The van der Waals surface area contributed by atoms with E-state index >= 15 is 0 Å². The Balaban J connectivity index is 1.30. The fourth-order valence-electron chi connectivity index (χ4n) is 3.52. The average molecular weight is 351 g/mol. The number of rotatable bonds is 5. The van der Waals surface area contributed by atoms with Crippen molar-refractivity contribution in [1.82, 2.24) is 15.0 Å². The van der Waals surface area contributed by atoms with Crippen LogP contribution in [-0.2, 0) is 13.0 Å². The van der Waals surface area contributed by atoms with Crippen molar-refractivity contribution in [1.29, 1.82) is 0 Å². The Labute approximate surface area is 152 Å². The first-order valence-corrected chi connectivity index (χ1v) is 9.11. The van der Waals surface area contributed by atoms with Gasteiger partial charge < -0.3 is 4.52 Å². The summed E-state index contributed by atoms with van der Waals surface area (Å²) in [5, 5.41) is 4.02. The summed E-state index contributed by atoms with van der Waals surface area (Å²) in [7, 11) is 0. The molecule has 1 fully saturated rings. The molecule has 0 saturated carbocycles. The SMILES string of the molecule is Fc1ccc(-c2noc(CN3CCC(Cc4ccccc4)CC3)n2)cc1. The quantitative estimate of drug-likeness (QED) is 0.686. The van der Waals surface area contributed by atoms with Gasteiger partial charge in [-0.25, -0.2) is 4.39 Å². The number of aromatic nitrogens is 2. The van der Waals surface area contributed by atoms with Gasteiger partial charge in [-0.3, -0.25) is 4.90 Å². The third kappa shape index (κ3) is 4.17. The molecule has 1 saturated heterocycles. The zero-order chi connectivity index (χ0) is 17.8. The molecule has 1 aliphatic rings. The highest BCUT2D eigenvalue weighted by molar-refractivity contribution is 5.53. The highest BCUT2D eigenvalue weighted by Gasteiger charge is 2.21. The molecule has 1 aliphatic heterocycles. The Morgan fingerprint density at radius 3 is 2.46 bits per heavy atom. The average Bonchev–Trinajstić information content (AvgIpc) is 3.13. The fourth-order valence-corrected chi connectivity index (χ4v) is 3.52. The van der Waals surface area contributed by atoms with E-state index in [2.05, 4.69) is 45.4 Å². The first-order chi connectivity index (χ1) is 12.8. The summed E-state index contributed by atoms with van der Waals surface area (Å²) in [4.78, 5) is 6.81. The largest absolute Gasteiger partial charge is 0.338 e. The van der Waals surface area contributed by atoms with E-state index in [-0.39, 0.29) is 5.82 Å². The van der Waals surface area contributed by atoms with Crippen LogP contribution in [-0.4, -0.2) is 28.1 Å². The van der Waals surface area contributed by atoms with Crippen molar-refractivity contribution in [3.63, 3.8) is 0 Å². The predicted octanol–water partition coefficient (Wildman–Crippen LogP) is 4.33. The number of hydrogen-bond donors (Lipinski definition) is 0. The van der Waals surface area contributed by atoms with Gasteiger partial charge in [0.2, 0.25) is 11.7 Å². The molecular formula is C21H22FN3O. The molecule has 26 heavy (non-hydrogen) atoms. The van der Waals surface area contributed by atoms with Crippen molar-refractivity contribution in [2.45, 2.75) is 25.8 Å². The second-order valence-corrected chi connectivity index (χ2v) is 6.93. The molecule has 3 aromatic rings. The highest BCUT2D eigenvalue weighted by atomic mass is 19.1. The first-order valence-electron chi connectivity index (χ1n) is 9.11. The van der Waals surface area contributed by atoms with Crippen molar-refractivity contribution in [3.8, 4) is 11.4 Å². The highest BCUT2D eigenvalue weighted by Crippen LogP contribution is 2.23. The topological polar surface area (TPSA) is 42.2 Å². The molecule has 0 radical (unpaired) electrons. The number of likely N-dealkylation sites (tertiary alicyclic amines) is 1. The second-order valence-electron chi connectivity index (χ2n) is 6.93. The summed E-state index contributed by atoms with van der Waals surface area (Å²) in [5.74, 6) is 1.60. The van der Waals surface area contributed by atoms with Crippen LogP contribution in [0.1, 0.15) is 24.3 Å². The molecule has 0 spiro atoms. The van der Waals surface area contributed by atoms with Crippen molar-refractivity contribution in [2.75, 3.05) is 13.1 Å². The lowest BCUT2D eigenvalue weighted by Crippen LogP contribution is -2.33. The van der Waals surface area contributed by atoms with Gasteiger partial charge in [-0.15, -0.1) is 0 Å². The zero-order valence-corrected chi connectivity index (χ0v) is 14.6. The van der Waals surface area contributed by atoms with Gasteiger partial charge in [-0.2, -0.15) is 4.98 Å². The first kappa shape index (κ1) is 16.9. The van der Waals surface area contributed by atoms with Gasteiger partial charge >= 0.3 is 0 Å². The molecule has 134 valence electrons. The third-order valence-corrected chi connectivity index (χ3v) is 5.00. The molecule has 0 unspecified atom stereocenters. The maximum atomic E-state index is 13.0. The number of benzene rings is 2. The minimum atomic E-state index is -0.268. The Kier molecular flexibility index (Phi) is 5.07. The van der Waals surface area contributed by atoms with E-state index in [1.807, 2.05) is 0 Å². The van der Waals surface area contributed by atoms with E-state index in [4.69, 9.17) is 4.52 Å². The van der Waals surface area contributed by atoms with Gasteiger partial charge in [0, 0.05) is 5.56 Å². The Hall–Kier alpha value is -2.53. The zero-order valence-electron chi connectivity index (χ0n) is 14.6. The summed E-state index contributed by atoms with van der Waals surface area (Å²) in [6.07, 6.45) is 3.53. The molecule has 0 aliphatic carbocycles. The molecule has 0 atom stereocenters. The Morgan fingerprint density at radius 1 is 1.00 bits per heavy atom.